The molecule has 7 heteroatoms. The molecule has 98 valence electrons. The van der Waals surface area contributed by atoms with Crippen LogP contribution in [0.25, 0.3) is 0 Å². The Morgan fingerprint density at radius 2 is 2.06 bits per heavy atom. The summed E-state index contributed by atoms with van der Waals surface area (Å²) in [6.45, 7) is -1.69. The Morgan fingerprint density at radius 1 is 1.44 bits per heavy atom. The quantitative estimate of drug-likeness (QED) is 0.784. The zero-order valence-corrected chi connectivity index (χ0v) is 9.26. The van der Waals surface area contributed by atoms with Gasteiger partial charge in [-0.3, -0.25) is 4.79 Å². The summed E-state index contributed by atoms with van der Waals surface area (Å²) in [6, 6.07) is 2.09. The van der Waals surface area contributed by atoms with Crippen LogP contribution in [0.3, 0.4) is 0 Å². The molecule has 1 unspecified atom stereocenters. The number of benzene rings is 1. The lowest BCUT2D eigenvalue weighted by molar-refractivity contribution is -0.147. The van der Waals surface area contributed by atoms with Crippen LogP contribution < -0.4 is 4.74 Å². The van der Waals surface area contributed by atoms with Gasteiger partial charge in [0, 0.05) is 11.1 Å². The van der Waals surface area contributed by atoms with Crippen LogP contribution in [0.1, 0.15) is 27.6 Å². The molecule has 0 radical (unpaired) electrons. The van der Waals surface area contributed by atoms with Crippen LogP contribution in [0, 0.1) is 6.92 Å². The van der Waals surface area contributed by atoms with Gasteiger partial charge in [0.1, 0.15) is 12.0 Å². The first-order valence-electron chi connectivity index (χ1n) is 4.82. The van der Waals surface area contributed by atoms with Crippen LogP contribution in [0.5, 0.6) is 5.75 Å². The molecule has 18 heavy (non-hydrogen) atoms. The van der Waals surface area contributed by atoms with E-state index in [1.54, 1.807) is 0 Å². The molecule has 1 aromatic rings. The van der Waals surface area contributed by atoms with E-state index in [2.05, 4.69) is 4.74 Å². The number of hydrogen-bond donors (Lipinski definition) is 2. The maximum Gasteiger partial charge on any atom is 0.387 e. The maximum absolute atomic E-state index is 12.2. The van der Waals surface area contributed by atoms with Crippen LogP contribution in [-0.4, -0.2) is 29.1 Å². The fourth-order valence-corrected chi connectivity index (χ4v) is 1.39. The highest BCUT2D eigenvalue weighted by atomic mass is 19.3. The van der Waals surface area contributed by atoms with E-state index in [-0.39, 0.29) is 5.56 Å². The monoisotopic (exact) mass is 260 g/mol. The van der Waals surface area contributed by atoms with Crippen molar-refractivity contribution in [2.45, 2.75) is 19.6 Å². The van der Waals surface area contributed by atoms with Crippen molar-refractivity contribution in [1.29, 1.82) is 0 Å². The number of aldehydes is 1. The second-order valence-corrected chi connectivity index (χ2v) is 3.48. The van der Waals surface area contributed by atoms with Gasteiger partial charge in [-0.15, -0.1) is 0 Å². The van der Waals surface area contributed by atoms with Gasteiger partial charge in [0.2, 0.25) is 0 Å². The second-order valence-electron chi connectivity index (χ2n) is 3.48. The van der Waals surface area contributed by atoms with E-state index >= 15 is 0 Å². The number of halogens is 2. The Balaban J connectivity index is 3.33. The van der Waals surface area contributed by atoms with Crippen molar-refractivity contribution in [3.05, 3.63) is 28.8 Å². The minimum atomic E-state index is -3.16. The van der Waals surface area contributed by atoms with Gasteiger partial charge in [0.25, 0.3) is 0 Å². The maximum atomic E-state index is 12.2. The van der Waals surface area contributed by atoms with Crippen LogP contribution >= 0.6 is 0 Å². The molecule has 0 spiro atoms. The third-order valence-electron chi connectivity index (χ3n) is 2.27. The summed E-state index contributed by atoms with van der Waals surface area (Å²) in [5, 5.41) is 18.0. The lowest BCUT2D eigenvalue weighted by Gasteiger charge is -2.15. The highest BCUT2D eigenvalue weighted by Crippen LogP contribution is 2.29. The van der Waals surface area contributed by atoms with Crippen LogP contribution in [0.4, 0.5) is 8.78 Å². The van der Waals surface area contributed by atoms with Gasteiger partial charge < -0.3 is 14.9 Å². The van der Waals surface area contributed by atoms with Crippen LogP contribution in [0.2, 0.25) is 0 Å². The molecule has 0 aliphatic rings. The number of aliphatic hydroxyl groups is 1. The van der Waals surface area contributed by atoms with E-state index in [0.29, 0.717) is 11.8 Å². The molecule has 5 nitrogen and oxygen atoms in total. The van der Waals surface area contributed by atoms with E-state index in [9.17, 15) is 23.5 Å². The van der Waals surface area contributed by atoms with Crippen LogP contribution in [-0.2, 0) is 4.79 Å². The zero-order valence-electron chi connectivity index (χ0n) is 9.26. The van der Waals surface area contributed by atoms with Gasteiger partial charge in [-0.05, 0) is 24.6 Å². The summed E-state index contributed by atoms with van der Waals surface area (Å²) in [4.78, 5) is 21.3. The number of aryl methyl sites for hydroxylation is 1. The van der Waals surface area contributed by atoms with E-state index in [0.717, 1.165) is 12.1 Å². The molecule has 0 aromatic heterocycles. The van der Waals surface area contributed by atoms with E-state index in [4.69, 9.17) is 5.11 Å². The van der Waals surface area contributed by atoms with Crippen molar-refractivity contribution < 1.29 is 33.3 Å². The fourth-order valence-electron chi connectivity index (χ4n) is 1.39. The highest BCUT2D eigenvalue weighted by Gasteiger charge is 2.23. The predicted octanol–water partition coefficient (Wildman–Crippen LogP) is 1.53. The van der Waals surface area contributed by atoms with Gasteiger partial charge in [-0.25, -0.2) is 4.79 Å². The van der Waals surface area contributed by atoms with Crippen molar-refractivity contribution in [3.8, 4) is 5.75 Å². The summed E-state index contributed by atoms with van der Waals surface area (Å²) in [5.74, 6) is -2.10. The van der Waals surface area contributed by atoms with Gasteiger partial charge in [0.15, 0.2) is 6.10 Å². The first-order chi connectivity index (χ1) is 8.36. The lowest BCUT2D eigenvalue weighted by atomic mass is 10.0. The molecule has 0 heterocycles. The van der Waals surface area contributed by atoms with E-state index in [1.807, 2.05) is 0 Å². The Morgan fingerprint density at radius 3 is 2.50 bits per heavy atom. The summed E-state index contributed by atoms with van der Waals surface area (Å²) in [6.07, 6.45) is -1.61. The van der Waals surface area contributed by atoms with Crippen molar-refractivity contribution in [1.82, 2.24) is 0 Å². The third kappa shape index (κ3) is 3.01. The van der Waals surface area contributed by atoms with Crippen molar-refractivity contribution >= 4 is 12.3 Å². The number of rotatable bonds is 5. The number of carboxylic acid groups (broad SMARTS) is 1. The molecule has 1 atom stereocenters. The molecular weight excluding hydrogens is 250 g/mol. The predicted molar refractivity (Wildman–Crippen MR) is 55.8 cm³/mol. The minimum Gasteiger partial charge on any atom is -0.479 e. The summed E-state index contributed by atoms with van der Waals surface area (Å²) in [7, 11) is 0. The Labute approximate surface area is 101 Å². The van der Waals surface area contributed by atoms with Gasteiger partial charge >= 0.3 is 12.6 Å². The molecule has 1 aromatic carbocycles. The summed E-state index contributed by atoms with van der Waals surface area (Å²) in [5.41, 5.74) is 0.0319. The SMILES string of the molecule is Cc1cc(OC(F)F)c(C(O)C(=O)O)cc1C=O. The van der Waals surface area contributed by atoms with Gasteiger partial charge in [-0.1, -0.05) is 0 Å². The van der Waals surface area contributed by atoms with Crippen LogP contribution in [0.15, 0.2) is 12.1 Å². The molecule has 0 fully saturated rings. The Bertz CT molecular complexity index is 473. The summed E-state index contributed by atoms with van der Waals surface area (Å²) < 4.78 is 28.4. The summed E-state index contributed by atoms with van der Waals surface area (Å²) >= 11 is 0. The largest absolute Gasteiger partial charge is 0.479 e. The number of aliphatic hydroxyl groups excluding tert-OH is 1. The number of carbonyl (C=O) groups excluding carboxylic acids is 1. The molecule has 2 N–H and O–H groups in total. The van der Waals surface area contributed by atoms with Crippen molar-refractivity contribution in [2.24, 2.45) is 0 Å². The molecule has 1 rings (SSSR count). The second kappa shape index (κ2) is 5.54. The molecular formula is C11H10F2O5. The molecule has 0 saturated heterocycles. The molecule has 0 aliphatic heterocycles. The first-order valence-corrected chi connectivity index (χ1v) is 4.82. The minimum absolute atomic E-state index is 0.0897. The lowest BCUT2D eigenvalue weighted by Crippen LogP contribution is -2.14. The topological polar surface area (TPSA) is 83.8 Å². The number of hydrogen-bond acceptors (Lipinski definition) is 4. The van der Waals surface area contributed by atoms with Crippen molar-refractivity contribution in [3.63, 3.8) is 0 Å². The zero-order chi connectivity index (χ0) is 13.9. The smallest absolute Gasteiger partial charge is 0.387 e. The normalized spacial score (nSPS) is 12.3. The Hall–Kier alpha value is -2.02. The molecule has 0 bridgehead atoms. The number of alkyl halides is 2. The number of ether oxygens (including phenoxy) is 1. The fraction of sp³-hybridized carbons (Fsp3) is 0.273. The number of aliphatic carboxylic acids is 1. The van der Waals surface area contributed by atoms with Crippen molar-refractivity contribution in [2.75, 3.05) is 0 Å². The average Bonchev–Trinajstić information content (AvgIpc) is 2.27. The average molecular weight is 260 g/mol. The van der Waals surface area contributed by atoms with Gasteiger partial charge in [-0.2, -0.15) is 8.78 Å². The number of carboxylic acids is 1. The van der Waals surface area contributed by atoms with E-state index in [1.165, 1.54) is 6.92 Å². The highest BCUT2D eigenvalue weighted by molar-refractivity contribution is 5.81. The van der Waals surface area contributed by atoms with Gasteiger partial charge in [0.05, 0.1) is 0 Å². The molecule has 0 amide bonds. The standard InChI is InChI=1S/C11H10F2O5/c1-5-2-8(18-11(12)13)7(3-6(5)4-14)9(15)10(16)17/h2-4,9,11,15H,1H3,(H,16,17). The Kier molecular flexibility index (Phi) is 4.33. The first kappa shape index (κ1) is 14.0. The third-order valence-corrected chi connectivity index (χ3v) is 2.27. The molecule has 0 saturated carbocycles. The number of carbonyl (C=O) groups is 2. The van der Waals surface area contributed by atoms with E-state index < -0.39 is 30.0 Å². The molecule has 0 aliphatic carbocycles.